The van der Waals surface area contributed by atoms with Crippen LogP contribution in [0.25, 0.3) is 0 Å². The van der Waals surface area contributed by atoms with Crippen LogP contribution in [-0.4, -0.2) is 37.1 Å². The van der Waals surface area contributed by atoms with Crippen LogP contribution >= 0.6 is 11.3 Å². The zero-order valence-electron chi connectivity index (χ0n) is 11.2. The van der Waals surface area contributed by atoms with Crippen molar-refractivity contribution < 1.29 is 9.53 Å². The van der Waals surface area contributed by atoms with Gasteiger partial charge in [0.1, 0.15) is 5.54 Å². The highest BCUT2D eigenvalue weighted by Gasteiger charge is 2.32. The van der Waals surface area contributed by atoms with Gasteiger partial charge in [0.25, 0.3) is 0 Å². The number of methoxy groups -OCH3 is 1. The minimum atomic E-state index is -0.570. The number of likely N-dealkylation sites (N-methyl/N-ethyl adjacent to an activating group) is 1. The first-order valence-electron chi connectivity index (χ1n) is 5.72. The van der Waals surface area contributed by atoms with Crippen LogP contribution in [0.4, 0.5) is 0 Å². The minimum Gasteiger partial charge on any atom is -0.468 e. The Kier molecular flexibility index (Phi) is 4.71. The Balaban J connectivity index is 2.58. The maximum absolute atomic E-state index is 11.6. The fraction of sp³-hybridized carbons (Fsp3) is 0.615. The molecule has 0 aromatic carbocycles. The molecule has 0 fully saturated rings. The van der Waals surface area contributed by atoms with Crippen LogP contribution in [0.3, 0.4) is 0 Å². The topological polar surface area (TPSA) is 29.5 Å². The maximum Gasteiger partial charge on any atom is 0.325 e. The lowest BCUT2D eigenvalue weighted by Gasteiger charge is -2.32. The summed E-state index contributed by atoms with van der Waals surface area (Å²) < 4.78 is 4.82. The quantitative estimate of drug-likeness (QED) is 0.757. The van der Waals surface area contributed by atoms with Gasteiger partial charge in [-0.1, -0.05) is 0 Å². The number of esters is 1. The Bertz CT molecular complexity index is 385. The highest BCUT2D eigenvalue weighted by molar-refractivity contribution is 7.10. The van der Waals surface area contributed by atoms with E-state index in [4.69, 9.17) is 4.74 Å². The van der Waals surface area contributed by atoms with Gasteiger partial charge in [-0.3, -0.25) is 9.69 Å². The van der Waals surface area contributed by atoms with E-state index in [0.717, 1.165) is 13.0 Å². The number of rotatable bonds is 5. The van der Waals surface area contributed by atoms with Crippen molar-refractivity contribution in [1.29, 1.82) is 0 Å². The molecule has 96 valence electrons. The van der Waals surface area contributed by atoms with Crippen LogP contribution in [0, 0.1) is 6.92 Å². The fourth-order valence-electron chi connectivity index (χ4n) is 1.61. The molecular weight excluding hydrogens is 234 g/mol. The Labute approximate surface area is 107 Å². The van der Waals surface area contributed by atoms with Crippen molar-refractivity contribution in [3.8, 4) is 0 Å². The Hall–Kier alpha value is -0.870. The molecule has 4 heteroatoms. The summed E-state index contributed by atoms with van der Waals surface area (Å²) >= 11 is 1.77. The third-order valence-corrected chi connectivity index (χ3v) is 4.36. The summed E-state index contributed by atoms with van der Waals surface area (Å²) in [4.78, 5) is 15.1. The van der Waals surface area contributed by atoms with Gasteiger partial charge in [0.2, 0.25) is 0 Å². The zero-order chi connectivity index (χ0) is 13.1. The number of thiophene rings is 1. The molecule has 0 spiro atoms. The second-order valence-corrected chi connectivity index (χ2v) is 5.75. The van der Waals surface area contributed by atoms with E-state index < -0.39 is 5.54 Å². The van der Waals surface area contributed by atoms with E-state index in [-0.39, 0.29) is 5.97 Å². The van der Waals surface area contributed by atoms with Crippen molar-refractivity contribution in [3.05, 3.63) is 21.9 Å². The van der Waals surface area contributed by atoms with Crippen molar-refractivity contribution in [3.63, 3.8) is 0 Å². The van der Waals surface area contributed by atoms with E-state index in [2.05, 4.69) is 18.4 Å². The number of hydrogen-bond acceptors (Lipinski definition) is 4. The summed E-state index contributed by atoms with van der Waals surface area (Å²) in [5, 5.41) is 2.11. The van der Waals surface area contributed by atoms with Gasteiger partial charge in [-0.25, -0.2) is 0 Å². The summed E-state index contributed by atoms with van der Waals surface area (Å²) in [7, 11) is 3.39. The zero-order valence-corrected chi connectivity index (χ0v) is 12.1. The molecular formula is C13H21NO2S. The first kappa shape index (κ1) is 14.2. The van der Waals surface area contributed by atoms with Crippen molar-refractivity contribution >= 4 is 17.3 Å². The molecule has 1 aromatic rings. The van der Waals surface area contributed by atoms with E-state index in [9.17, 15) is 4.79 Å². The molecule has 0 atom stereocenters. The van der Waals surface area contributed by atoms with E-state index in [1.54, 1.807) is 11.3 Å². The average Bonchev–Trinajstić information content (AvgIpc) is 2.70. The molecule has 0 unspecified atom stereocenters. The minimum absolute atomic E-state index is 0.192. The van der Waals surface area contributed by atoms with Crippen molar-refractivity contribution in [2.24, 2.45) is 0 Å². The molecule has 17 heavy (non-hydrogen) atoms. The molecule has 1 rings (SSSR count). The normalized spacial score (nSPS) is 11.9. The second kappa shape index (κ2) is 5.65. The third kappa shape index (κ3) is 3.30. The lowest BCUT2D eigenvalue weighted by Crippen LogP contribution is -2.49. The number of carbonyl (C=O) groups excluding carboxylic acids is 1. The SMILES string of the molecule is COC(=O)C(C)(C)N(C)CCc1sccc1C. The lowest BCUT2D eigenvalue weighted by molar-refractivity contribution is -0.152. The van der Waals surface area contributed by atoms with Crippen molar-refractivity contribution in [2.45, 2.75) is 32.7 Å². The highest BCUT2D eigenvalue weighted by Crippen LogP contribution is 2.19. The molecule has 0 amide bonds. The van der Waals surface area contributed by atoms with E-state index in [1.165, 1.54) is 17.6 Å². The van der Waals surface area contributed by atoms with E-state index in [0.29, 0.717) is 0 Å². The van der Waals surface area contributed by atoms with Crippen LogP contribution in [0.1, 0.15) is 24.3 Å². The van der Waals surface area contributed by atoms with Gasteiger partial charge in [-0.2, -0.15) is 0 Å². The van der Waals surface area contributed by atoms with E-state index in [1.807, 2.05) is 25.8 Å². The molecule has 1 aromatic heterocycles. The molecule has 0 N–H and O–H groups in total. The van der Waals surface area contributed by atoms with Gasteiger partial charge >= 0.3 is 5.97 Å². The Morgan fingerprint density at radius 3 is 2.65 bits per heavy atom. The first-order chi connectivity index (χ1) is 7.89. The average molecular weight is 255 g/mol. The number of aryl methyl sites for hydroxylation is 1. The highest BCUT2D eigenvalue weighted by atomic mass is 32.1. The van der Waals surface area contributed by atoms with Crippen LogP contribution in [-0.2, 0) is 16.0 Å². The fourth-order valence-corrected chi connectivity index (χ4v) is 2.51. The smallest absolute Gasteiger partial charge is 0.325 e. The van der Waals surface area contributed by atoms with Gasteiger partial charge < -0.3 is 4.74 Å². The van der Waals surface area contributed by atoms with Gasteiger partial charge in [-0.15, -0.1) is 11.3 Å². The standard InChI is InChI=1S/C13H21NO2S/c1-10-7-9-17-11(10)6-8-14(4)13(2,3)12(15)16-5/h7,9H,6,8H2,1-5H3. The molecule has 1 heterocycles. The molecule has 0 aliphatic heterocycles. The van der Waals surface area contributed by atoms with E-state index >= 15 is 0 Å². The largest absolute Gasteiger partial charge is 0.468 e. The molecule has 0 saturated carbocycles. The summed E-state index contributed by atoms with van der Waals surface area (Å²) in [5.74, 6) is -0.192. The Morgan fingerprint density at radius 1 is 1.53 bits per heavy atom. The number of nitrogens with zero attached hydrogens (tertiary/aromatic N) is 1. The Morgan fingerprint density at radius 2 is 2.18 bits per heavy atom. The third-order valence-electron chi connectivity index (χ3n) is 3.28. The van der Waals surface area contributed by atoms with Gasteiger partial charge in [0.15, 0.2) is 0 Å². The monoisotopic (exact) mass is 255 g/mol. The predicted molar refractivity (Wildman–Crippen MR) is 71.5 cm³/mol. The van der Waals surface area contributed by atoms with Gasteiger partial charge in [0.05, 0.1) is 7.11 Å². The molecule has 0 aliphatic rings. The van der Waals surface area contributed by atoms with Crippen LogP contribution in [0.5, 0.6) is 0 Å². The number of hydrogen-bond donors (Lipinski definition) is 0. The van der Waals surface area contributed by atoms with Gasteiger partial charge in [0, 0.05) is 11.4 Å². The molecule has 0 radical (unpaired) electrons. The van der Waals surface area contributed by atoms with Crippen LogP contribution in [0.2, 0.25) is 0 Å². The summed E-state index contributed by atoms with van der Waals surface area (Å²) in [6.07, 6.45) is 0.973. The molecule has 3 nitrogen and oxygen atoms in total. The van der Waals surface area contributed by atoms with Crippen LogP contribution < -0.4 is 0 Å². The summed E-state index contributed by atoms with van der Waals surface area (Å²) in [5.41, 5.74) is 0.763. The number of ether oxygens (including phenoxy) is 1. The first-order valence-corrected chi connectivity index (χ1v) is 6.60. The summed E-state index contributed by atoms with van der Waals surface area (Å²) in [6, 6.07) is 2.13. The summed E-state index contributed by atoms with van der Waals surface area (Å²) in [6.45, 7) is 6.75. The maximum atomic E-state index is 11.6. The molecule has 0 aliphatic carbocycles. The lowest BCUT2D eigenvalue weighted by atomic mass is 10.0. The number of carbonyl (C=O) groups is 1. The predicted octanol–water partition coefficient (Wildman–Crippen LogP) is 2.48. The molecule has 0 saturated heterocycles. The van der Waals surface area contributed by atoms with Crippen molar-refractivity contribution in [2.75, 3.05) is 20.7 Å². The second-order valence-electron chi connectivity index (χ2n) is 4.75. The molecule has 0 bridgehead atoms. The van der Waals surface area contributed by atoms with Crippen molar-refractivity contribution in [1.82, 2.24) is 4.90 Å². The van der Waals surface area contributed by atoms with Gasteiger partial charge in [-0.05, 0) is 51.2 Å². The van der Waals surface area contributed by atoms with Crippen LogP contribution in [0.15, 0.2) is 11.4 Å².